The third-order valence-corrected chi connectivity index (χ3v) is 2.97. The van der Waals surface area contributed by atoms with Crippen LogP contribution in [0.25, 0.3) is 0 Å². The van der Waals surface area contributed by atoms with Crippen LogP contribution >= 0.6 is 0 Å². The molecular weight excluding hydrogens is 188 g/mol. The van der Waals surface area contributed by atoms with Gasteiger partial charge in [-0.3, -0.25) is 0 Å². The second-order valence-corrected chi connectivity index (χ2v) is 5.38. The number of hydrogen-bond acceptors (Lipinski definition) is 3. The van der Waals surface area contributed by atoms with Crippen molar-refractivity contribution in [2.45, 2.75) is 33.2 Å². The molecule has 0 aromatic carbocycles. The second kappa shape index (κ2) is 5.20. The summed E-state index contributed by atoms with van der Waals surface area (Å²) in [5, 5.41) is 8.66. The predicted molar refractivity (Wildman–Crippen MR) is 51.5 cm³/mol. The van der Waals surface area contributed by atoms with Gasteiger partial charge in [0.15, 0.2) is 0 Å². The summed E-state index contributed by atoms with van der Waals surface area (Å²) in [6, 6.07) is 1.34. The molecule has 0 amide bonds. The van der Waals surface area contributed by atoms with E-state index in [0.29, 0.717) is 12.3 Å². The van der Waals surface area contributed by atoms with Crippen molar-refractivity contribution in [3.8, 4) is 6.07 Å². The molecule has 0 saturated carbocycles. The molecule has 1 N–H and O–H groups in total. The summed E-state index contributed by atoms with van der Waals surface area (Å²) in [5.41, 5.74) is 0. The van der Waals surface area contributed by atoms with Crippen molar-refractivity contribution < 1.29 is 8.42 Å². The van der Waals surface area contributed by atoms with Crippen molar-refractivity contribution in [3.63, 3.8) is 0 Å². The van der Waals surface area contributed by atoms with Gasteiger partial charge in [-0.25, -0.2) is 8.42 Å². The van der Waals surface area contributed by atoms with Crippen LogP contribution in [-0.4, -0.2) is 20.2 Å². The lowest BCUT2D eigenvalue weighted by atomic mass is 10.1. The highest BCUT2D eigenvalue weighted by atomic mass is 32.2. The third kappa shape index (κ3) is 5.61. The average molecular weight is 204 g/mol. The first kappa shape index (κ1) is 12.4. The summed E-state index contributed by atoms with van der Waals surface area (Å²) in [6.45, 7) is 5.45. The summed E-state index contributed by atoms with van der Waals surface area (Å²) in [4.78, 5) is 0. The molecule has 0 fully saturated rings. The van der Waals surface area contributed by atoms with Crippen LogP contribution in [0.5, 0.6) is 0 Å². The van der Waals surface area contributed by atoms with Gasteiger partial charge in [0.25, 0.3) is 0 Å². The maximum atomic E-state index is 11.1. The molecular formula is C8H16N2O2S. The number of hydrogen-bond donors (Lipinski definition) is 1. The third-order valence-electron chi connectivity index (χ3n) is 1.56. The standard InChI is InChI=1S/C8H16N2O2S/c1-4-13(11,12)10-8(6-9)5-7(2)3/h7-8,10H,4-5H2,1-3H3. The van der Waals surface area contributed by atoms with E-state index in [9.17, 15) is 8.42 Å². The van der Waals surface area contributed by atoms with Crippen molar-refractivity contribution in [1.82, 2.24) is 4.72 Å². The molecule has 76 valence electrons. The summed E-state index contributed by atoms with van der Waals surface area (Å²) < 4.78 is 24.5. The molecule has 0 bridgehead atoms. The molecule has 0 radical (unpaired) electrons. The van der Waals surface area contributed by atoms with E-state index < -0.39 is 16.1 Å². The molecule has 0 rings (SSSR count). The number of sulfonamides is 1. The topological polar surface area (TPSA) is 70.0 Å². The zero-order valence-electron chi connectivity index (χ0n) is 8.24. The highest BCUT2D eigenvalue weighted by Gasteiger charge is 2.16. The molecule has 0 aromatic heterocycles. The smallest absolute Gasteiger partial charge is 0.212 e. The van der Waals surface area contributed by atoms with Gasteiger partial charge in [-0.1, -0.05) is 13.8 Å². The van der Waals surface area contributed by atoms with Crippen molar-refractivity contribution in [1.29, 1.82) is 5.26 Å². The lowest BCUT2D eigenvalue weighted by Gasteiger charge is -2.12. The van der Waals surface area contributed by atoms with Crippen LogP contribution in [0.3, 0.4) is 0 Å². The number of rotatable bonds is 5. The van der Waals surface area contributed by atoms with Gasteiger partial charge in [-0.2, -0.15) is 9.98 Å². The molecule has 4 nitrogen and oxygen atoms in total. The average Bonchev–Trinajstić information content (AvgIpc) is 2.02. The van der Waals surface area contributed by atoms with Crippen LogP contribution < -0.4 is 4.72 Å². The lowest BCUT2D eigenvalue weighted by molar-refractivity contribution is 0.513. The Balaban J connectivity index is 4.24. The molecule has 0 saturated heterocycles. The minimum atomic E-state index is -3.25. The van der Waals surface area contributed by atoms with E-state index in [1.165, 1.54) is 0 Å². The predicted octanol–water partition coefficient (Wildman–Crippen LogP) is 0.864. The van der Waals surface area contributed by atoms with E-state index >= 15 is 0 Å². The Hall–Kier alpha value is -0.600. The minimum Gasteiger partial charge on any atom is -0.212 e. The van der Waals surface area contributed by atoms with E-state index in [2.05, 4.69) is 4.72 Å². The molecule has 5 heteroatoms. The van der Waals surface area contributed by atoms with Crippen LogP contribution in [0, 0.1) is 17.2 Å². The molecule has 0 aliphatic carbocycles. The van der Waals surface area contributed by atoms with E-state index in [-0.39, 0.29) is 5.75 Å². The minimum absolute atomic E-state index is 0.0171. The molecule has 0 heterocycles. The first-order chi connectivity index (χ1) is 5.91. The Labute approximate surface area is 80.0 Å². The van der Waals surface area contributed by atoms with Crippen molar-refractivity contribution in [2.24, 2.45) is 5.92 Å². The lowest BCUT2D eigenvalue weighted by Crippen LogP contribution is -2.35. The van der Waals surface area contributed by atoms with Crippen molar-refractivity contribution in [3.05, 3.63) is 0 Å². The summed E-state index contributed by atoms with van der Waals surface area (Å²) in [6.07, 6.45) is 0.551. The van der Waals surface area contributed by atoms with Crippen LogP contribution in [0.15, 0.2) is 0 Å². The van der Waals surface area contributed by atoms with Gasteiger partial charge in [0.1, 0.15) is 6.04 Å². The first-order valence-corrected chi connectivity index (χ1v) is 5.96. The Bertz CT molecular complexity index is 277. The highest BCUT2D eigenvalue weighted by Crippen LogP contribution is 2.04. The number of nitrogens with zero attached hydrogens (tertiary/aromatic N) is 1. The molecule has 0 spiro atoms. The highest BCUT2D eigenvalue weighted by molar-refractivity contribution is 7.89. The summed E-state index contributed by atoms with van der Waals surface area (Å²) >= 11 is 0. The zero-order chi connectivity index (χ0) is 10.5. The van der Waals surface area contributed by atoms with E-state index in [1.54, 1.807) is 6.92 Å². The second-order valence-electron chi connectivity index (χ2n) is 3.33. The first-order valence-electron chi connectivity index (χ1n) is 4.31. The fourth-order valence-corrected chi connectivity index (χ4v) is 1.65. The van der Waals surface area contributed by atoms with Gasteiger partial charge in [-0.05, 0) is 19.3 Å². The maximum absolute atomic E-state index is 11.1. The quantitative estimate of drug-likeness (QED) is 0.722. The van der Waals surface area contributed by atoms with Crippen LogP contribution in [-0.2, 0) is 10.0 Å². The van der Waals surface area contributed by atoms with Gasteiger partial charge < -0.3 is 0 Å². The SMILES string of the molecule is CCS(=O)(=O)NC(C#N)CC(C)C. The van der Waals surface area contributed by atoms with Gasteiger partial charge in [0, 0.05) is 0 Å². The number of nitrogens with one attached hydrogen (secondary N) is 1. The fourth-order valence-electron chi connectivity index (χ4n) is 0.899. The van der Waals surface area contributed by atoms with Gasteiger partial charge in [0.2, 0.25) is 10.0 Å². The van der Waals surface area contributed by atoms with Gasteiger partial charge in [-0.15, -0.1) is 0 Å². The van der Waals surface area contributed by atoms with Crippen LogP contribution in [0.1, 0.15) is 27.2 Å². The molecule has 1 unspecified atom stereocenters. The Kier molecular flexibility index (Phi) is 4.96. The molecule has 0 aliphatic heterocycles. The molecule has 0 aromatic rings. The summed E-state index contributed by atoms with van der Waals surface area (Å²) in [5.74, 6) is 0.327. The Morgan fingerprint density at radius 1 is 1.46 bits per heavy atom. The monoisotopic (exact) mass is 204 g/mol. The fraction of sp³-hybridized carbons (Fsp3) is 0.875. The van der Waals surface area contributed by atoms with E-state index in [1.807, 2.05) is 19.9 Å². The van der Waals surface area contributed by atoms with Crippen molar-refractivity contribution >= 4 is 10.0 Å². The van der Waals surface area contributed by atoms with Crippen LogP contribution in [0.2, 0.25) is 0 Å². The largest absolute Gasteiger partial charge is 0.212 e. The van der Waals surface area contributed by atoms with Crippen LogP contribution in [0.4, 0.5) is 0 Å². The van der Waals surface area contributed by atoms with E-state index in [0.717, 1.165) is 0 Å². The molecule has 1 atom stereocenters. The maximum Gasteiger partial charge on any atom is 0.212 e. The van der Waals surface area contributed by atoms with Crippen molar-refractivity contribution in [2.75, 3.05) is 5.75 Å². The Morgan fingerprint density at radius 2 is 2.00 bits per heavy atom. The van der Waals surface area contributed by atoms with Gasteiger partial charge >= 0.3 is 0 Å². The zero-order valence-corrected chi connectivity index (χ0v) is 9.06. The normalized spacial score (nSPS) is 14.1. The summed E-state index contributed by atoms with van der Waals surface area (Å²) in [7, 11) is -3.25. The molecule has 13 heavy (non-hydrogen) atoms. The molecule has 0 aliphatic rings. The van der Waals surface area contributed by atoms with E-state index in [4.69, 9.17) is 5.26 Å². The van der Waals surface area contributed by atoms with Gasteiger partial charge in [0.05, 0.1) is 11.8 Å². The number of nitriles is 1. The Morgan fingerprint density at radius 3 is 2.31 bits per heavy atom.